The van der Waals surface area contributed by atoms with Crippen molar-refractivity contribution in [1.29, 1.82) is 0 Å². The second-order valence-corrected chi connectivity index (χ2v) is 6.61. The number of rotatable bonds is 6. The molecule has 0 atom stereocenters. The van der Waals surface area contributed by atoms with E-state index in [1.807, 2.05) is 10.2 Å². The summed E-state index contributed by atoms with van der Waals surface area (Å²) >= 11 is 0. The van der Waals surface area contributed by atoms with Gasteiger partial charge in [-0.3, -0.25) is 19.7 Å². The highest BCUT2D eigenvalue weighted by Gasteiger charge is 2.23. The highest BCUT2D eigenvalue weighted by molar-refractivity contribution is 6.03. The van der Waals surface area contributed by atoms with Gasteiger partial charge in [0.2, 0.25) is 5.91 Å². The maximum Gasteiger partial charge on any atom is 0.270 e. The van der Waals surface area contributed by atoms with Crippen molar-refractivity contribution in [2.45, 2.75) is 12.8 Å². The molecular weight excluding hydrogens is 405 g/mol. The molecule has 0 radical (unpaired) electrons. The first-order valence-corrected chi connectivity index (χ1v) is 9.03. The monoisotopic (exact) mass is 422 g/mol. The maximum absolute atomic E-state index is 13.6. The zero-order valence-corrected chi connectivity index (χ0v) is 15.6. The highest BCUT2D eigenvalue weighted by Crippen LogP contribution is 2.28. The molecule has 0 spiro atoms. The van der Waals surface area contributed by atoms with E-state index in [2.05, 4.69) is 5.32 Å². The van der Waals surface area contributed by atoms with E-state index in [-0.39, 0.29) is 11.3 Å². The second kappa shape index (κ2) is 8.80. The third-order valence-corrected chi connectivity index (χ3v) is 4.60. The summed E-state index contributed by atoms with van der Waals surface area (Å²) in [5.41, 5.74) is -0.335. The van der Waals surface area contributed by atoms with Crippen LogP contribution in [0.25, 0.3) is 0 Å². The van der Waals surface area contributed by atoms with Gasteiger partial charge in [-0.2, -0.15) is 0 Å². The fourth-order valence-corrected chi connectivity index (χ4v) is 3.13. The molecule has 1 saturated heterocycles. The average molecular weight is 422 g/mol. The number of carbonyl (C=O) groups excluding carboxylic acids is 2. The van der Waals surface area contributed by atoms with Crippen molar-refractivity contribution >= 4 is 28.9 Å². The lowest BCUT2D eigenvalue weighted by molar-refractivity contribution is -0.384. The molecule has 0 aliphatic carbocycles. The third kappa shape index (κ3) is 4.50. The smallest absolute Gasteiger partial charge is 0.270 e. The summed E-state index contributed by atoms with van der Waals surface area (Å²) in [5, 5.41) is 15.4. The number of amides is 2. The van der Waals surface area contributed by atoms with E-state index in [1.54, 1.807) is 0 Å². The van der Waals surface area contributed by atoms with Crippen molar-refractivity contribution < 1.29 is 27.7 Å². The Labute approximate surface area is 168 Å². The number of non-ortho nitro benzene ring substituents is 1. The predicted octanol–water partition coefficient (Wildman–Crippen LogP) is 2.98. The standard InChI is InChI=1S/C19H17F3N4O4/c20-13-4-5-14(18(22)17(13)21)24-16(27)10-23-19(28)12-9-11(26(29)30)3-6-15(12)25-7-1-2-8-25/h3-6,9H,1-2,7-8,10H2,(H,23,28)(H,24,27). The molecule has 3 rings (SSSR count). The summed E-state index contributed by atoms with van der Waals surface area (Å²) < 4.78 is 39.8. The van der Waals surface area contributed by atoms with Crippen LogP contribution in [0.1, 0.15) is 23.2 Å². The molecular formula is C19H17F3N4O4. The van der Waals surface area contributed by atoms with Crippen molar-refractivity contribution in [3.05, 3.63) is 63.5 Å². The van der Waals surface area contributed by atoms with Gasteiger partial charge in [-0.25, -0.2) is 13.2 Å². The molecule has 0 aromatic heterocycles. The molecule has 0 unspecified atom stereocenters. The molecule has 0 bridgehead atoms. The van der Waals surface area contributed by atoms with Crippen LogP contribution in [-0.2, 0) is 4.79 Å². The van der Waals surface area contributed by atoms with E-state index < -0.39 is 46.4 Å². The van der Waals surface area contributed by atoms with Crippen LogP contribution in [0.5, 0.6) is 0 Å². The fraction of sp³-hybridized carbons (Fsp3) is 0.263. The third-order valence-electron chi connectivity index (χ3n) is 4.60. The topological polar surface area (TPSA) is 105 Å². The average Bonchev–Trinajstić information content (AvgIpc) is 3.26. The molecule has 2 aromatic carbocycles. The minimum absolute atomic E-state index is 0.0258. The predicted molar refractivity (Wildman–Crippen MR) is 102 cm³/mol. The molecule has 1 fully saturated rings. The summed E-state index contributed by atoms with van der Waals surface area (Å²) in [6.45, 7) is 0.765. The number of nitro groups is 1. The normalized spacial score (nSPS) is 13.2. The van der Waals surface area contributed by atoms with Crippen LogP contribution in [0.15, 0.2) is 30.3 Å². The molecule has 2 amide bonds. The molecule has 30 heavy (non-hydrogen) atoms. The van der Waals surface area contributed by atoms with Gasteiger partial charge in [0, 0.05) is 25.2 Å². The van der Waals surface area contributed by atoms with E-state index in [9.17, 15) is 32.9 Å². The lowest BCUT2D eigenvalue weighted by Crippen LogP contribution is -2.34. The zero-order valence-electron chi connectivity index (χ0n) is 15.6. The van der Waals surface area contributed by atoms with Crippen molar-refractivity contribution in [3.8, 4) is 0 Å². The van der Waals surface area contributed by atoms with Crippen LogP contribution in [0.4, 0.5) is 30.2 Å². The summed E-state index contributed by atoms with van der Waals surface area (Å²) in [7, 11) is 0. The van der Waals surface area contributed by atoms with E-state index in [4.69, 9.17) is 0 Å². The molecule has 2 aromatic rings. The Bertz CT molecular complexity index is 1010. The molecule has 1 aliphatic heterocycles. The quantitative estimate of drug-likeness (QED) is 0.423. The van der Waals surface area contributed by atoms with Crippen molar-refractivity contribution in [2.75, 3.05) is 29.9 Å². The van der Waals surface area contributed by atoms with Gasteiger partial charge in [-0.05, 0) is 31.0 Å². The lowest BCUT2D eigenvalue weighted by atomic mass is 10.1. The van der Waals surface area contributed by atoms with Crippen LogP contribution in [-0.4, -0.2) is 36.4 Å². The summed E-state index contributed by atoms with van der Waals surface area (Å²) in [6, 6.07) is 5.39. The summed E-state index contributed by atoms with van der Waals surface area (Å²) in [6.07, 6.45) is 1.83. The van der Waals surface area contributed by atoms with Gasteiger partial charge < -0.3 is 15.5 Å². The number of carbonyl (C=O) groups is 2. The minimum atomic E-state index is -1.73. The number of nitrogens with one attached hydrogen (secondary N) is 2. The number of halogens is 3. The van der Waals surface area contributed by atoms with Crippen molar-refractivity contribution in [2.24, 2.45) is 0 Å². The molecule has 158 valence electrons. The minimum Gasteiger partial charge on any atom is -0.371 e. The van der Waals surface area contributed by atoms with Crippen LogP contribution in [0.2, 0.25) is 0 Å². The Hall–Kier alpha value is -3.63. The maximum atomic E-state index is 13.6. The van der Waals surface area contributed by atoms with Gasteiger partial charge in [0.1, 0.15) is 0 Å². The number of anilines is 2. The Kier molecular flexibility index (Phi) is 6.19. The Morgan fingerprint density at radius 1 is 1.07 bits per heavy atom. The Morgan fingerprint density at radius 2 is 1.77 bits per heavy atom. The first-order valence-electron chi connectivity index (χ1n) is 9.03. The second-order valence-electron chi connectivity index (χ2n) is 6.61. The number of hydrogen-bond acceptors (Lipinski definition) is 5. The van der Waals surface area contributed by atoms with Gasteiger partial charge in [-0.1, -0.05) is 0 Å². The van der Waals surface area contributed by atoms with Crippen molar-refractivity contribution in [3.63, 3.8) is 0 Å². The first kappa shape index (κ1) is 21.1. The van der Waals surface area contributed by atoms with Crippen molar-refractivity contribution in [1.82, 2.24) is 5.32 Å². The number of nitrogens with zero attached hydrogens (tertiary/aromatic N) is 2. The van der Waals surface area contributed by atoms with Crippen LogP contribution in [0.3, 0.4) is 0 Å². The summed E-state index contributed by atoms with van der Waals surface area (Å²) in [4.78, 5) is 36.9. The molecule has 2 N–H and O–H groups in total. The van der Waals surface area contributed by atoms with Crippen LogP contribution in [0, 0.1) is 27.6 Å². The number of benzene rings is 2. The SMILES string of the molecule is O=C(CNC(=O)c1cc([N+](=O)[O-])ccc1N1CCCC1)Nc1ccc(F)c(F)c1F. The molecule has 1 heterocycles. The van der Waals surface area contributed by atoms with E-state index in [1.165, 1.54) is 12.1 Å². The van der Waals surface area contributed by atoms with Gasteiger partial charge >= 0.3 is 0 Å². The van der Waals surface area contributed by atoms with Crippen LogP contribution >= 0.6 is 0 Å². The summed E-state index contributed by atoms with van der Waals surface area (Å²) in [5.74, 6) is -6.32. The molecule has 11 heteroatoms. The number of hydrogen-bond donors (Lipinski definition) is 2. The molecule has 8 nitrogen and oxygen atoms in total. The molecule has 0 saturated carbocycles. The van der Waals surface area contributed by atoms with Gasteiger partial charge in [0.15, 0.2) is 17.5 Å². The van der Waals surface area contributed by atoms with Gasteiger partial charge in [0.25, 0.3) is 11.6 Å². The Morgan fingerprint density at radius 3 is 2.43 bits per heavy atom. The number of nitro benzene ring substituents is 1. The van der Waals surface area contributed by atoms with Crippen LogP contribution < -0.4 is 15.5 Å². The van der Waals surface area contributed by atoms with Gasteiger partial charge in [-0.15, -0.1) is 0 Å². The van der Waals surface area contributed by atoms with Gasteiger partial charge in [0.05, 0.1) is 28.4 Å². The highest BCUT2D eigenvalue weighted by atomic mass is 19.2. The fourth-order valence-electron chi connectivity index (χ4n) is 3.13. The van der Waals surface area contributed by atoms with E-state index >= 15 is 0 Å². The van der Waals surface area contributed by atoms with E-state index in [0.29, 0.717) is 24.8 Å². The first-order chi connectivity index (χ1) is 14.3. The largest absolute Gasteiger partial charge is 0.371 e. The lowest BCUT2D eigenvalue weighted by Gasteiger charge is -2.20. The molecule has 1 aliphatic rings. The zero-order chi connectivity index (χ0) is 21.8. The van der Waals surface area contributed by atoms with E-state index in [0.717, 1.165) is 25.0 Å². The Balaban J connectivity index is 1.72.